The molecule has 8 heteroatoms. The van der Waals surface area contributed by atoms with Gasteiger partial charge in [0.2, 0.25) is 0 Å². The first-order valence-electron chi connectivity index (χ1n) is 9.18. The Bertz CT molecular complexity index is 1210. The van der Waals surface area contributed by atoms with Gasteiger partial charge in [0, 0.05) is 10.7 Å². The van der Waals surface area contributed by atoms with Crippen LogP contribution in [0.15, 0.2) is 65.6 Å². The molecule has 0 saturated heterocycles. The monoisotopic (exact) mass is 445 g/mol. The average molecular weight is 446 g/mol. The fourth-order valence-electron chi connectivity index (χ4n) is 2.84. The summed E-state index contributed by atoms with van der Waals surface area (Å²) in [6.07, 6.45) is -0.349. The van der Waals surface area contributed by atoms with Crippen LogP contribution >= 0.6 is 11.6 Å². The van der Waals surface area contributed by atoms with Crippen molar-refractivity contribution in [3.05, 3.63) is 71.2 Å². The molecule has 0 spiro atoms. The topological polar surface area (TPSA) is 89.5 Å². The molecule has 0 atom stereocenters. The van der Waals surface area contributed by atoms with Crippen LogP contribution in [0, 0.1) is 6.92 Å². The molecule has 0 bridgehead atoms. The standard InChI is InChI=1S/C22H20ClNO5S/c1-15-19(23)7-4-8-20(15)24-21(25)14-29-22(26)11-12-30(27,28)18-10-9-16-5-2-3-6-17(16)13-18/h2-10,13H,11-12,14H2,1H3,(H,24,25). The molecular formula is C22H20ClNO5S. The number of nitrogens with one attached hydrogen (secondary N) is 1. The number of hydrogen-bond donors (Lipinski definition) is 1. The van der Waals surface area contributed by atoms with Crippen LogP contribution in [0.4, 0.5) is 5.69 Å². The van der Waals surface area contributed by atoms with Crippen molar-refractivity contribution < 1.29 is 22.7 Å². The molecular weight excluding hydrogens is 426 g/mol. The van der Waals surface area contributed by atoms with Crippen LogP contribution in [0.1, 0.15) is 12.0 Å². The molecule has 1 amide bonds. The zero-order valence-electron chi connectivity index (χ0n) is 16.2. The molecule has 0 heterocycles. The molecule has 3 aromatic carbocycles. The Balaban J connectivity index is 1.53. The van der Waals surface area contributed by atoms with Gasteiger partial charge in [-0.3, -0.25) is 9.59 Å². The van der Waals surface area contributed by atoms with Crippen molar-refractivity contribution in [2.45, 2.75) is 18.2 Å². The maximum atomic E-state index is 12.5. The number of ether oxygens (including phenoxy) is 1. The number of sulfone groups is 1. The van der Waals surface area contributed by atoms with E-state index in [1.807, 2.05) is 24.3 Å². The van der Waals surface area contributed by atoms with Gasteiger partial charge in [0.25, 0.3) is 5.91 Å². The lowest BCUT2D eigenvalue weighted by molar-refractivity contribution is -0.146. The van der Waals surface area contributed by atoms with E-state index in [0.717, 1.165) is 10.8 Å². The maximum absolute atomic E-state index is 12.5. The number of hydrogen-bond acceptors (Lipinski definition) is 5. The highest BCUT2D eigenvalue weighted by atomic mass is 35.5. The first-order chi connectivity index (χ1) is 14.3. The fourth-order valence-corrected chi connectivity index (χ4v) is 4.27. The third-order valence-electron chi connectivity index (χ3n) is 4.56. The van der Waals surface area contributed by atoms with E-state index >= 15 is 0 Å². The van der Waals surface area contributed by atoms with Crippen molar-refractivity contribution in [2.24, 2.45) is 0 Å². The number of anilines is 1. The van der Waals surface area contributed by atoms with Crippen molar-refractivity contribution in [3.8, 4) is 0 Å². The Labute approximate surface area is 179 Å². The van der Waals surface area contributed by atoms with Gasteiger partial charge in [0.15, 0.2) is 16.4 Å². The lowest BCUT2D eigenvalue weighted by Gasteiger charge is -2.10. The van der Waals surface area contributed by atoms with E-state index in [4.69, 9.17) is 16.3 Å². The zero-order chi connectivity index (χ0) is 21.7. The molecule has 0 aliphatic heterocycles. The molecule has 0 aliphatic carbocycles. The van der Waals surface area contributed by atoms with Gasteiger partial charge in [-0.25, -0.2) is 8.42 Å². The summed E-state index contributed by atoms with van der Waals surface area (Å²) < 4.78 is 30.0. The van der Waals surface area contributed by atoms with Gasteiger partial charge in [-0.05, 0) is 47.5 Å². The predicted molar refractivity (Wildman–Crippen MR) is 116 cm³/mol. The van der Waals surface area contributed by atoms with Crippen LogP contribution in [0.2, 0.25) is 5.02 Å². The van der Waals surface area contributed by atoms with E-state index in [-0.39, 0.29) is 11.3 Å². The third-order valence-corrected chi connectivity index (χ3v) is 6.68. The van der Waals surface area contributed by atoms with E-state index in [9.17, 15) is 18.0 Å². The highest BCUT2D eigenvalue weighted by Gasteiger charge is 2.18. The van der Waals surface area contributed by atoms with Crippen LogP contribution < -0.4 is 5.32 Å². The molecule has 30 heavy (non-hydrogen) atoms. The van der Waals surface area contributed by atoms with E-state index in [0.29, 0.717) is 16.3 Å². The van der Waals surface area contributed by atoms with Gasteiger partial charge in [-0.2, -0.15) is 0 Å². The van der Waals surface area contributed by atoms with Crippen LogP contribution in [-0.4, -0.2) is 32.7 Å². The molecule has 6 nitrogen and oxygen atoms in total. The SMILES string of the molecule is Cc1c(Cl)cccc1NC(=O)COC(=O)CCS(=O)(=O)c1ccc2ccccc2c1. The average Bonchev–Trinajstić information content (AvgIpc) is 2.73. The summed E-state index contributed by atoms with van der Waals surface area (Å²) >= 11 is 6.00. The Kier molecular flexibility index (Phi) is 6.74. The molecule has 0 unspecified atom stereocenters. The van der Waals surface area contributed by atoms with E-state index < -0.39 is 34.1 Å². The lowest BCUT2D eigenvalue weighted by Crippen LogP contribution is -2.22. The second-order valence-electron chi connectivity index (χ2n) is 6.70. The normalized spacial score (nSPS) is 11.3. The minimum absolute atomic E-state index is 0.142. The zero-order valence-corrected chi connectivity index (χ0v) is 17.8. The number of rotatable bonds is 7. The second-order valence-corrected chi connectivity index (χ2v) is 9.22. The minimum atomic E-state index is -3.66. The van der Waals surface area contributed by atoms with E-state index in [1.54, 1.807) is 37.3 Å². The minimum Gasteiger partial charge on any atom is -0.456 e. The van der Waals surface area contributed by atoms with Crippen molar-refractivity contribution in [2.75, 3.05) is 17.7 Å². The van der Waals surface area contributed by atoms with E-state index in [1.165, 1.54) is 6.07 Å². The number of esters is 1. The Hall–Kier alpha value is -2.90. The Morgan fingerprint density at radius 3 is 2.50 bits per heavy atom. The third kappa shape index (κ3) is 5.37. The van der Waals surface area contributed by atoms with Gasteiger partial charge in [0.1, 0.15) is 0 Å². The molecule has 0 radical (unpaired) electrons. The predicted octanol–water partition coefficient (Wildman–Crippen LogP) is 4.15. The molecule has 0 fully saturated rings. The quantitative estimate of drug-likeness (QED) is 0.552. The highest BCUT2D eigenvalue weighted by molar-refractivity contribution is 7.91. The Morgan fingerprint density at radius 2 is 1.73 bits per heavy atom. The molecule has 0 saturated carbocycles. The van der Waals surface area contributed by atoms with Gasteiger partial charge in [-0.1, -0.05) is 48.0 Å². The van der Waals surface area contributed by atoms with Gasteiger partial charge >= 0.3 is 5.97 Å². The fraction of sp³-hybridized carbons (Fsp3) is 0.182. The van der Waals surface area contributed by atoms with Crippen molar-refractivity contribution in [1.29, 1.82) is 0 Å². The molecule has 0 aliphatic rings. The summed E-state index contributed by atoms with van der Waals surface area (Å²) in [5.41, 5.74) is 1.21. The largest absolute Gasteiger partial charge is 0.456 e. The molecule has 1 N–H and O–H groups in total. The van der Waals surface area contributed by atoms with Gasteiger partial charge < -0.3 is 10.1 Å². The number of fused-ring (bicyclic) bond motifs is 1. The second kappa shape index (κ2) is 9.28. The lowest BCUT2D eigenvalue weighted by atomic mass is 10.1. The van der Waals surface area contributed by atoms with Crippen LogP contribution in [0.25, 0.3) is 10.8 Å². The summed E-state index contributed by atoms with van der Waals surface area (Å²) in [5.74, 6) is -1.71. The summed E-state index contributed by atoms with van der Waals surface area (Å²) in [5, 5.41) is 4.83. The summed E-state index contributed by atoms with van der Waals surface area (Å²) in [6.45, 7) is 1.24. The first-order valence-corrected chi connectivity index (χ1v) is 11.2. The molecule has 3 aromatic rings. The molecule has 0 aromatic heterocycles. The van der Waals surface area contributed by atoms with Crippen LogP contribution in [0.5, 0.6) is 0 Å². The number of carbonyl (C=O) groups excluding carboxylic acids is 2. The van der Waals surface area contributed by atoms with Crippen molar-refractivity contribution in [1.82, 2.24) is 0 Å². The smallest absolute Gasteiger partial charge is 0.307 e. The summed E-state index contributed by atoms with van der Waals surface area (Å²) in [6, 6.07) is 17.3. The highest BCUT2D eigenvalue weighted by Crippen LogP contribution is 2.23. The maximum Gasteiger partial charge on any atom is 0.307 e. The van der Waals surface area contributed by atoms with Gasteiger partial charge in [-0.15, -0.1) is 0 Å². The summed E-state index contributed by atoms with van der Waals surface area (Å²) in [4.78, 5) is 24.0. The van der Waals surface area contributed by atoms with Gasteiger partial charge in [0.05, 0.1) is 17.1 Å². The molecule has 156 valence electrons. The number of carbonyl (C=O) groups is 2. The van der Waals surface area contributed by atoms with Crippen molar-refractivity contribution >= 4 is 49.8 Å². The Morgan fingerprint density at radius 1 is 1.00 bits per heavy atom. The molecule has 3 rings (SSSR count). The number of halogens is 1. The first kappa shape index (κ1) is 21.8. The van der Waals surface area contributed by atoms with Crippen molar-refractivity contribution in [3.63, 3.8) is 0 Å². The van der Waals surface area contributed by atoms with Crippen LogP contribution in [-0.2, 0) is 24.2 Å². The number of amides is 1. The van der Waals surface area contributed by atoms with Crippen LogP contribution in [0.3, 0.4) is 0 Å². The number of benzene rings is 3. The van der Waals surface area contributed by atoms with E-state index in [2.05, 4.69) is 5.32 Å². The summed E-state index contributed by atoms with van der Waals surface area (Å²) in [7, 11) is -3.66.